The van der Waals surface area contributed by atoms with E-state index in [9.17, 15) is 14.0 Å². The molecule has 0 aliphatic carbocycles. The minimum atomic E-state index is -1.36. The van der Waals surface area contributed by atoms with Crippen LogP contribution in [0.5, 0.6) is 0 Å². The summed E-state index contributed by atoms with van der Waals surface area (Å²) in [4.78, 5) is 11.8. The average Bonchev–Trinajstić information content (AvgIpc) is 3.43. The lowest BCUT2D eigenvalue weighted by atomic mass is 9.70. The van der Waals surface area contributed by atoms with Gasteiger partial charge in [-0.3, -0.25) is 9.97 Å². The maximum atomic E-state index is 13.8. The minimum absolute atomic E-state index is 0.124. The van der Waals surface area contributed by atoms with E-state index in [0.717, 1.165) is 12.3 Å². The van der Waals surface area contributed by atoms with E-state index in [0.29, 0.717) is 27.8 Å². The van der Waals surface area contributed by atoms with Crippen molar-refractivity contribution in [2.24, 2.45) is 0 Å². The fraction of sp³-hybridized carbons (Fsp3) is 0.0435. The molecule has 9 nitrogen and oxygen atoms in total. The third kappa shape index (κ3) is 4.16. The quantitative estimate of drug-likeness (QED) is 0.235. The normalized spacial score (nSPS) is 12.6. The maximum absolute atomic E-state index is 13.8. The zero-order chi connectivity index (χ0) is 25.3. The van der Waals surface area contributed by atoms with Gasteiger partial charge in [0.25, 0.3) is 0 Å². The predicted octanol–water partition coefficient (Wildman–Crippen LogP) is 4.17. The van der Waals surface area contributed by atoms with Crippen molar-refractivity contribution >= 4 is 47.4 Å². The Morgan fingerprint density at radius 2 is 1.94 bits per heavy atom. The fourth-order valence-electron chi connectivity index (χ4n) is 3.68. The van der Waals surface area contributed by atoms with Crippen LogP contribution in [0.25, 0.3) is 10.9 Å². The number of aromatic amines is 1. The second-order valence-corrected chi connectivity index (χ2v) is 8.07. The molecule has 4 aromatic heterocycles. The summed E-state index contributed by atoms with van der Waals surface area (Å²) in [5.41, 5.74) is 0.950. The van der Waals surface area contributed by atoms with E-state index in [1.165, 1.54) is 12.4 Å². The second kappa shape index (κ2) is 9.20. The Hall–Kier alpha value is -4.63. The maximum Gasteiger partial charge on any atom is 0.249 e. The van der Waals surface area contributed by atoms with Crippen molar-refractivity contribution in [3.8, 4) is 6.07 Å². The molecule has 5 rings (SSSR count). The first-order valence-corrected chi connectivity index (χ1v) is 10.7. The first-order chi connectivity index (χ1) is 17.4. The van der Waals surface area contributed by atoms with Crippen molar-refractivity contribution in [2.45, 2.75) is 5.44 Å². The highest BCUT2D eigenvalue weighted by molar-refractivity contribution is 6.36. The summed E-state index contributed by atoms with van der Waals surface area (Å²) in [6.07, 6.45) is 7.10. The van der Waals surface area contributed by atoms with E-state index in [2.05, 4.69) is 41.0 Å². The Bertz CT molecular complexity index is 1610. The Morgan fingerprint density at radius 1 is 1.08 bits per heavy atom. The molecule has 0 saturated heterocycles. The van der Waals surface area contributed by atoms with Gasteiger partial charge < -0.3 is 10.6 Å². The van der Waals surface area contributed by atoms with Crippen LogP contribution in [0.3, 0.4) is 0 Å². The largest absolute Gasteiger partial charge is 0.378 e. The molecule has 0 saturated carbocycles. The number of benzene rings is 1. The molecule has 36 heavy (non-hydrogen) atoms. The number of anilines is 3. The first-order valence-electron chi connectivity index (χ1n) is 10.3. The summed E-state index contributed by atoms with van der Waals surface area (Å²) in [5.74, 6) is -2.38. The molecule has 13 heteroatoms. The molecule has 4 heterocycles. The number of hydrogen-bond acceptors (Lipinski definition) is 8. The van der Waals surface area contributed by atoms with Crippen LogP contribution in [0, 0.1) is 23.1 Å². The first kappa shape index (κ1) is 23.1. The number of pyridine rings is 3. The molecule has 0 amide bonds. The van der Waals surface area contributed by atoms with Gasteiger partial charge in [-0.2, -0.15) is 25.1 Å². The van der Waals surface area contributed by atoms with E-state index in [1.54, 1.807) is 36.7 Å². The molecule has 2 radical (unpaired) electrons. The molecule has 174 valence electrons. The molecule has 5 aromatic rings. The van der Waals surface area contributed by atoms with Gasteiger partial charge in [0.2, 0.25) is 5.95 Å². The van der Waals surface area contributed by atoms with Gasteiger partial charge in [0, 0.05) is 35.7 Å². The van der Waals surface area contributed by atoms with Crippen molar-refractivity contribution in [1.82, 2.24) is 30.4 Å². The molecule has 0 spiro atoms. The second-order valence-electron chi connectivity index (χ2n) is 7.66. The summed E-state index contributed by atoms with van der Waals surface area (Å²) in [5, 5.41) is 27.0. The summed E-state index contributed by atoms with van der Waals surface area (Å²) in [6, 6.07) is 9.75. The SMILES string of the molecule is [B]C(Nc1cc(Cl)c2ncc(C#N)c(Nc3cnc(F)c(F)c3)c2c1)(c1cccnc1)c1cn[nH]n1. The average molecular weight is 500 g/mol. The van der Waals surface area contributed by atoms with Crippen LogP contribution in [0.15, 0.2) is 61.3 Å². The number of nitriles is 1. The number of aromatic nitrogens is 6. The van der Waals surface area contributed by atoms with Gasteiger partial charge in [0.05, 0.1) is 45.3 Å². The van der Waals surface area contributed by atoms with E-state index in [4.69, 9.17) is 19.4 Å². The smallest absolute Gasteiger partial charge is 0.249 e. The van der Waals surface area contributed by atoms with Gasteiger partial charge in [-0.25, -0.2) is 9.37 Å². The summed E-state index contributed by atoms with van der Waals surface area (Å²) >= 11 is 6.56. The highest BCUT2D eigenvalue weighted by Crippen LogP contribution is 2.37. The number of halogens is 3. The fourth-order valence-corrected chi connectivity index (χ4v) is 3.95. The van der Waals surface area contributed by atoms with Crippen LogP contribution in [0.4, 0.5) is 25.8 Å². The third-order valence-electron chi connectivity index (χ3n) is 5.39. The van der Waals surface area contributed by atoms with Crippen molar-refractivity contribution in [3.63, 3.8) is 0 Å². The number of nitrogens with one attached hydrogen (secondary N) is 3. The van der Waals surface area contributed by atoms with E-state index < -0.39 is 17.2 Å². The van der Waals surface area contributed by atoms with Crippen molar-refractivity contribution < 1.29 is 8.78 Å². The number of H-pyrrole nitrogens is 1. The minimum Gasteiger partial charge on any atom is -0.378 e. The monoisotopic (exact) mass is 499 g/mol. The Morgan fingerprint density at radius 3 is 2.64 bits per heavy atom. The van der Waals surface area contributed by atoms with E-state index in [1.807, 2.05) is 6.07 Å². The zero-order valence-electron chi connectivity index (χ0n) is 18.2. The molecule has 0 fully saturated rings. The van der Waals surface area contributed by atoms with Crippen LogP contribution in [-0.4, -0.2) is 38.2 Å². The molecule has 0 bridgehead atoms. The number of hydrogen-bond donors (Lipinski definition) is 3. The molecule has 0 aliphatic rings. The molecule has 0 aliphatic heterocycles. The molecule has 1 aromatic carbocycles. The Kier molecular flexibility index (Phi) is 5.91. The van der Waals surface area contributed by atoms with Crippen LogP contribution < -0.4 is 10.6 Å². The molecule has 1 unspecified atom stereocenters. The molecular formula is C23H13BClF2N9. The van der Waals surface area contributed by atoms with Crippen molar-refractivity contribution in [3.05, 3.63) is 94.9 Å². The summed E-state index contributed by atoms with van der Waals surface area (Å²) < 4.78 is 27.1. The van der Waals surface area contributed by atoms with Crippen LogP contribution in [0.2, 0.25) is 5.02 Å². The highest BCUT2D eigenvalue weighted by atomic mass is 35.5. The Labute approximate surface area is 209 Å². The lowest BCUT2D eigenvalue weighted by molar-refractivity contribution is 0.480. The van der Waals surface area contributed by atoms with E-state index >= 15 is 0 Å². The van der Waals surface area contributed by atoms with Crippen LogP contribution >= 0.6 is 11.6 Å². The van der Waals surface area contributed by atoms with Gasteiger partial charge in [-0.05, 0) is 23.8 Å². The standard InChI is InChI=1S/C23H13BClF2N9/c24-23(19-11-32-36-35-19,13-2-1-3-29-9-13)34-14-4-16-20(33-15-6-18(26)22(27)31-10-15)12(7-28)8-30-21(16)17(25)5-14/h1-6,8-11,34H,(H,30,33)(H,32,35,36). The van der Waals surface area contributed by atoms with Crippen LogP contribution in [0.1, 0.15) is 16.8 Å². The van der Waals surface area contributed by atoms with Gasteiger partial charge >= 0.3 is 0 Å². The van der Waals surface area contributed by atoms with Gasteiger partial charge in [0.15, 0.2) is 5.82 Å². The lowest BCUT2D eigenvalue weighted by Gasteiger charge is -2.31. The number of nitrogens with zero attached hydrogens (tertiary/aromatic N) is 6. The van der Waals surface area contributed by atoms with Crippen molar-refractivity contribution in [2.75, 3.05) is 10.6 Å². The lowest BCUT2D eigenvalue weighted by Crippen LogP contribution is -2.37. The predicted molar refractivity (Wildman–Crippen MR) is 130 cm³/mol. The van der Waals surface area contributed by atoms with Gasteiger partial charge in [0.1, 0.15) is 19.6 Å². The zero-order valence-corrected chi connectivity index (χ0v) is 18.9. The number of rotatable bonds is 6. The third-order valence-corrected chi connectivity index (χ3v) is 5.68. The summed E-state index contributed by atoms with van der Waals surface area (Å²) in [7, 11) is 6.77. The highest BCUT2D eigenvalue weighted by Gasteiger charge is 2.31. The van der Waals surface area contributed by atoms with Crippen LogP contribution in [-0.2, 0) is 5.44 Å². The molecule has 3 N–H and O–H groups in total. The number of fused-ring (bicyclic) bond motifs is 1. The summed E-state index contributed by atoms with van der Waals surface area (Å²) in [6.45, 7) is 0. The molecular weight excluding hydrogens is 487 g/mol. The Balaban J connectivity index is 1.65. The van der Waals surface area contributed by atoms with Crippen molar-refractivity contribution in [1.29, 1.82) is 5.26 Å². The topological polar surface area (TPSA) is 128 Å². The van der Waals surface area contributed by atoms with E-state index in [-0.39, 0.29) is 22.0 Å². The van der Waals surface area contributed by atoms with Gasteiger partial charge in [-0.15, -0.1) is 0 Å². The molecule has 1 atom stereocenters. The van der Waals surface area contributed by atoms with Gasteiger partial charge in [-0.1, -0.05) is 17.7 Å².